The molecule has 0 spiro atoms. The summed E-state index contributed by atoms with van der Waals surface area (Å²) in [7, 11) is 1.64. The number of thiophene rings is 1. The van der Waals surface area contributed by atoms with Crippen LogP contribution in [0.1, 0.15) is 48.4 Å². The van der Waals surface area contributed by atoms with Gasteiger partial charge in [0, 0.05) is 23.5 Å². The van der Waals surface area contributed by atoms with Crippen molar-refractivity contribution in [2.24, 2.45) is 0 Å². The second-order valence-corrected chi connectivity index (χ2v) is 9.42. The molecular formula is C26H27N3O5S. The first-order valence-electron chi connectivity index (χ1n) is 11.2. The van der Waals surface area contributed by atoms with Crippen molar-refractivity contribution in [3.05, 3.63) is 79.5 Å². The number of nitrogens with one attached hydrogen (secondary N) is 1. The van der Waals surface area contributed by atoms with Crippen molar-refractivity contribution in [2.45, 2.75) is 40.7 Å². The van der Waals surface area contributed by atoms with Crippen LogP contribution in [0.5, 0.6) is 5.75 Å². The Morgan fingerprint density at radius 3 is 2.51 bits per heavy atom. The lowest BCUT2D eigenvalue weighted by Crippen LogP contribution is -2.15. The summed E-state index contributed by atoms with van der Waals surface area (Å²) in [5.74, 6) is 0.381. The third-order valence-electron chi connectivity index (χ3n) is 6.10. The molecule has 1 aromatic carbocycles. The standard InChI is InChI=1S/C26H27N3O5S/c1-14-12-20(16(3)29(14)11-10-18-6-8-19(33-5)9-7-18)21(30)13-34-26(32)23-15(2)22-24(31)27-17(4)28-25(22)35-23/h6-9,12H,10-11,13H2,1-5H3,(H,27,28,31). The van der Waals surface area contributed by atoms with E-state index in [-0.39, 0.29) is 22.8 Å². The minimum atomic E-state index is -0.635. The summed E-state index contributed by atoms with van der Waals surface area (Å²) < 4.78 is 12.6. The van der Waals surface area contributed by atoms with Crippen LogP contribution in [0.15, 0.2) is 35.1 Å². The van der Waals surface area contributed by atoms with Crippen molar-refractivity contribution in [2.75, 3.05) is 13.7 Å². The lowest BCUT2D eigenvalue weighted by Gasteiger charge is -2.10. The summed E-state index contributed by atoms with van der Waals surface area (Å²) >= 11 is 1.10. The van der Waals surface area contributed by atoms with Crippen LogP contribution >= 0.6 is 11.3 Å². The molecule has 0 amide bonds. The number of carbonyl (C=O) groups is 2. The van der Waals surface area contributed by atoms with Crippen molar-refractivity contribution in [1.82, 2.24) is 14.5 Å². The highest BCUT2D eigenvalue weighted by atomic mass is 32.1. The van der Waals surface area contributed by atoms with Crippen LogP contribution in [-0.4, -0.2) is 40.0 Å². The Labute approximate surface area is 206 Å². The number of ketones is 1. The third kappa shape index (κ3) is 4.90. The van der Waals surface area contributed by atoms with Crippen molar-refractivity contribution in [1.29, 1.82) is 0 Å². The normalized spacial score (nSPS) is 11.1. The number of H-pyrrole nitrogens is 1. The number of ether oxygens (including phenoxy) is 2. The molecule has 0 saturated carbocycles. The fourth-order valence-electron chi connectivity index (χ4n) is 4.18. The van der Waals surface area contributed by atoms with Gasteiger partial charge >= 0.3 is 5.97 Å². The van der Waals surface area contributed by atoms with Gasteiger partial charge in [0.2, 0.25) is 5.78 Å². The lowest BCUT2D eigenvalue weighted by molar-refractivity contribution is 0.0479. The number of aromatic nitrogens is 3. The predicted molar refractivity (Wildman–Crippen MR) is 135 cm³/mol. The van der Waals surface area contributed by atoms with E-state index in [2.05, 4.69) is 14.5 Å². The summed E-state index contributed by atoms with van der Waals surface area (Å²) in [6.07, 6.45) is 0.806. The van der Waals surface area contributed by atoms with E-state index < -0.39 is 5.97 Å². The quantitative estimate of drug-likeness (QED) is 0.290. The summed E-state index contributed by atoms with van der Waals surface area (Å²) in [4.78, 5) is 45.6. The van der Waals surface area contributed by atoms with Crippen molar-refractivity contribution >= 4 is 33.3 Å². The molecule has 0 aliphatic carbocycles. The number of Topliss-reactive ketones (excluding diaryl/α,β-unsaturated/α-hetero) is 1. The molecule has 4 aromatic rings. The number of aromatic amines is 1. The first kappa shape index (κ1) is 24.4. The first-order valence-corrected chi connectivity index (χ1v) is 12.0. The fourth-order valence-corrected chi connectivity index (χ4v) is 5.30. The maximum absolute atomic E-state index is 12.9. The van der Waals surface area contributed by atoms with E-state index in [4.69, 9.17) is 9.47 Å². The van der Waals surface area contributed by atoms with Crippen molar-refractivity contribution < 1.29 is 19.1 Å². The number of benzene rings is 1. The molecule has 0 fully saturated rings. The molecule has 0 atom stereocenters. The molecular weight excluding hydrogens is 466 g/mol. The van der Waals surface area contributed by atoms with Gasteiger partial charge in [0.25, 0.3) is 5.56 Å². The molecule has 35 heavy (non-hydrogen) atoms. The molecule has 3 aromatic heterocycles. The summed E-state index contributed by atoms with van der Waals surface area (Å²) in [5.41, 5.74) is 3.72. The lowest BCUT2D eigenvalue weighted by atomic mass is 10.1. The van der Waals surface area contributed by atoms with E-state index >= 15 is 0 Å². The van der Waals surface area contributed by atoms with E-state index in [1.165, 1.54) is 5.56 Å². The van der Waals surface area contributed by atoms with Gasteiger partial charge < -0.3 is 19.0 Å². The first-order chi connectivity index (χ1) is 16.7. The van der Waals surface area contributed by atoms with Gasteiger partial charge in [-0.3, -0.25) is 9.59 Å². The third-order valence-corrected chi connectivity index (χ3v) is 7.26. The average molecular weight is 494 g/mol. The number of nitrogens with zero attached hydrogens (tertiary/aromatic N) is 2. The Bertz CT molecular complexity index is 1480. The highest BCUT2D eigenvalue weighted by molar-refractivity contribution is 7.20. The Balaban J connectivity index is 1.44. The molecule has 1 N–H and O–H groups in total. The van der Waals surface area contributed by atoms with E-state index in [1.54, 1.807) is 21.0 Å². The fraction of sp³-hybridized carbons (Fsp3) is 0.308. The number of esters is 1. The minimum absolute atomic E-state index is 0.271. The van der Waals surface area contributed by atoms with Crippen molar-refractivity contribution in [3.63, 3.8) is 0 Å². The van der Waals surface area contributed by atoms with Gasteiger partial charge in [-0.25, -0.2) is 9.78 Å². The molecule has 0 radical (unpaired) electrons. The maximum Gasteiger partial charge on any atom is 0.349 e. The number of hydrogen-bond acceptors (Lipinski definition) is 7. The molecule has 9 heteroatoms. The van der Waals surface area contributed by atoms with E-state index in [0.717, 1.165) is 41.4 Å². The van der Waals surface area contributed by atoms with Crippen LogP contribution in [0.2, 0.25) is 0 Å². The Hall–Kier alpha value is -3.72. The van der Waals surface area contributed by atoms with Gasteiger partial charge in [-0.2, -0.15) is 0 Å². The summed E-state index contributed by atoms with van der Waals surface area (Å²) in [6, 6.07) is 9.74. The number of carbonyl (C=O) groups excluding carboxylic acids is 2. The van der Waals surface area contributed by atoms with Crippen LogP contribution in [0.3, 0.4) is 0 Å². The van der Waals surface area contributed by atoms with Crippen LogP contribution in [-0.2, 0) is 17.7 Å². The van der Waals surface area contributed by atoms with Crippen LogP contribution in [0.4, 0.5) is 0 Å². The van der Waals surface area contributed by atoms with Crippen LogP contribution in [0.25, 0.3) is 10.2 Å². The SMILES string of the molecule is COc1ccc(CCn2c(C)cc(C(=O)COC(=O)c3sc4nc(C)[nH]c(=O)c4c3C)c2C)cc1. The maximum atomic E-state index is 12.9. The van der Waals surface area contributed by atoms with Gasteiger partial charge in [0.1, 0.15) is 21.3 Å². The second-order valence-electron chi connectivity index (χ2n) is 8.42. The smallest absolute Gasteiger partial charge is 0.349 e. The minimum Gasteiger partial charge on any atom is -0.497 e. The van der Waals surface area contributed by atoms with E-state index in [1.807, 2.05) is 44.2 Å². The van der Waals surface area contributed by atoms with Crippen LogP contribution < -0.4 is 10.3 Å². The molecule has 0 aliphatic heterocycles. The highest BCUT2D eigenvalue weighted by Crippen LogP contribution is 2.27. The summed E-state index contributed by atoms with van der Waals surface area (Å²) in [5, 5.41) is 0.374. The molecule has 0 bridgehead atoms. The zero-order chi connectivity index (χ0) is 25.3. The monoisotopic (exact) mass is 493 g/mol. The number of rotatable bonds is 8. The van der Waals surface area contributed by atoms with Gasteiger partial charge in [-0.15, -0.1) is 11.3 Å². The molecule has 4 rings (SSSR count). The molecule has 8 nitrogen and oxygen atoms in total. The molecule has 0 aliphatic rings. The summed E-state index contributed by atoms with van der Waals surface area (Å²) in [6.45, 7) is 7.56. The van der Waals surface area contributed by atoms with Crippen LogP contribution in [0, 0.1) is 27.7 Å². The number of aryl methyl sites for hydroxylation is 4. The van der Waals surface area contributed by atoms with E-state index in [0.29, 0.717) is 27.2 Å². The molecule has 0 saturated heterocycles. The van der Waals surface area contributed by atoms with Gasteiger partial charge in [0.05, 0.1) is 12.5 Å². The zero-order valence-electron chi connectivity index (χ0n) is 20.4. The molecule has 182 valence electrons. The van der Waals surface area contributed by atoms with E-state index in [9.17, 15) is 14.4 Å². The number of methoxy groups -OCH3 is 1. The van der Waals surface area contributed by atoms with Gasteiger partial charge in [-0.05, 0) is 63.4 Å². The van der Waals surface area contributed by atoms with Gasteiger partial charge in [0.15, 0.2) is 6.61 Å². The molecule has 3 heterocycles. The topological polar surface area (TPSA) is 103 Å². The van der Waals surface area contributed by atoms with Crippen molar-refractivity contribution in [3.8, 4) is 5.75 Å². The second kappa shape index (κ2) is 9.87. The largest absolute Gasteiger partial charge is 0.497 e. The van der Waals surface area contributed by atoms with Gasteiger partial charge in [-0.1, -0.05) is 12.1 Å². The number of hydrogen-bond donors (Lipinski definition) is 1. The average Bonchev–Trinajstić information content (AvgIpc) is 3.31. The molecule has 0 unspecified atom stereocenters. The Morgan fingerprint density at radius 1 is 1.11 bits per heavy atom. The zero-order valence-corrected chi connectivity index (χ0v) is 21.2. The predicted octanol–water partition coefficient (Wildman–Crippen LogP) is 4.31. The highest BCUT2D eigenvalue weighted by Gasteiger charge is 2.22. The number of fused-ring (bicyclic) bond motifs is 1. The Morgan fingerprint density at radius 2 is 1.83 bits per heavy atom. The Kier molecular flexibility index (Phi) is 6.88.